The van der Waals surface area contributed by atoms with Crippen molar-refractivity contribution in [2.45, 2.75) is 12.8 Å². The van der Waals surface area contributed by atoms with E-state index in [4.69, 9.17) is 22.1 Å². The van der Waals surface area contributed by atoms with Gasteiger partial charge in [-0.1, -0.05) is 11.6 Å². The van der Waals surface area contributed by atoms with Gasteiger partial charge >= 0.3 is 0 Å². The molecule has 1 aliphatic heterocycles. The summed E-state index contributed by atoms with van der Waals surface area (Å²) in [5.74, 6) is -2.96. The lowest BCUT2D eigenvalue weighted by Crippen LogP contribution is -2.36. The maximum Gasteiger partial charge on any atom is 0.265 e. The van der Waals surface area contributed by atoms with Crippen LogP contribution in [0.4, 0.5) is 26.0 Å². The van der Waals surface area contributed by atoms with Gasteiger partial charge in [-0.2, -0.15) is 0 Å². The molecule has 196 valence electrons. The first-order chi connectivity index (χ1) is 18.2. The standard InChI is InChI=1S/C26H22ClF2N5O4/c1-33(17-7-4-15(28)5-8-17)26(37)22(19-3-2-12-34(19)14-35)25(36)32-16-6-9-20(18(29)13-16)38-21-10-11-31-24(30)23(21)27/h4-11,13-14H,2-3,12H2,1H3,(H2,30,31)(H,32,36)/b22-19-. The summed E-state index contributed by atoms with van der Waals surface area (Å²) in [6.45, 7) is 0.339. The Morgan fingerprint density at radius 3 is 2.58 bits per heavy atom. The van der Waals surface area contributed by atoms with Crippen LogP contribution in [0.15, 0.2) is 66.0 Å². The highest BCUT2D eigenvalue weighted by atomic mass is 35.5. The molecule has 0 spiro atoms. The van der Waals surface area contributed by atoms with E-state index >= 15 is 0 Å². The quantitative estimate of drug-likeness (QED) is 0.197. The summed E-state index contributed by atoms with van der Waals surface area (Å²) in [6.07, 6.45) is 2.76. The predicted molar refractivity (Wildman–Crippen MR) is 138 cm³/mol. The minimum absolute atomic E-state index is 0.0144. The van der Waals surface area contributed by atoms with Crippen molar-refractivity contribution in [2.24, 2.45) is 0 Å². The number of amides is 3. The number of benzene rings is 2. The minimum Gasteiger partial charge on any atom is -0.453 e. The average molecular weight is 542 g/mol. The Hall–Kier alpha value is -4.51. The molecule has 2 aromatic carbocycles. The number of anilines is 3. The number of carbonyl (C=O) groups excluding carboxylic acids is 3. The Kier molecular flexibility index (Phi) is 7.87. The second kappa shape index (κ2) is 11.3. The number of aromatic nitrogens is 1. The van der Waals surface area contributed by atoms with E-state index in [0.717, 1.165) is 6.07 Å². The average Bonchev–Trinajstić information content (AvgIpc) is 3.36. The van der Waals surface area contributed by atoms with Gasteiger partial charge in [0.1, 0.15) is 22.2 Å². The Balaban J connectivity index is 1.61. The van der Waals surface area contributed by atoms with E-state index in [9.17, 15) is 23.2 Å². The van der Waals surface area contributed by atoms with E-state index in [0.29, 0.717) is 31.5 Å². The van der Waals surface area contributed by atoms with Gasteiger partial charge in [0.05, 0.1) is 0 Å². The Morgan fingerprint density at radius 1 is 1.16 bits per heavy atom. The molecule has 12 heteroatoms. The molecule has 0 unspecified atom stereocenters. The van der Waals surface area contributed by atoms with E-state index < -0.39 is 23.4 Å². The fourth-order valence-electron chi connectivity index (χ4n) is 3.88. The number of ether oxygens (including phenoxy) is 1. The van der Waals surface area contributed by atoms with E-state index in [1.165, 1.54) is 65.5 Å². The summed E-state index contributed by atoms with van der Waals surface area (Å²) in [7, 11) is 1.42. The summed E-state index contributed by atoms with van der Waals surface area (Å²) < 4.78 is 33.7. The highest BCUT2D eigenvalue weighted by molar-refractivity contribution is 6.34. The Bertz CT molecular complexity index is 1430. The van der Waals surface area contributed by atoms with Crippen LogP contribution in [0, 0.1) is 11.6 Å². The fourth-order valence-corrected chi connectivity index (χ4v) is 4.03. The molecule has 3 N–H and O–H groups in total. The number of hydrogen-bond donors (Lipinski definition) is 2. The minimum atomic E-state index is -0.842. The number of hydrogen-bond acceptors (Lipinski definition) is 6. The molecule has 1 saturated heterocycles. The summed E-state index contributed by atoms with van der Waals surface area (Å²) >= 11 is 6.04. The smallest absolute Gasteiger partial charge is 0.265 e. The number of carbonyl (C=O) groups is 3. The molecule has 0 bridgehead atoms. The molecule has 3 amide bonds. The maximum absolute atomic E-state index is 14.8. The number of allylic oxidation sites excluding steroid dienone is 1. The number of nitrogens with two attached hydrogens (primary N) is 1. The highest BCUT2D eigenvalue weighted by Gasteiger charge is 2.32. The first kappa shape index (κ1) is 26.6. The molecule has 0 saturated carbocycles. The topological polar surface area (TPSA) is 118 Å². The van der Waals surface area contributed by atoms with Crippen LogP contribution >= 0.6 is 11.6 Å². The first-order valence-corrected chi connectivity index (χ1v) is 11.7. The molecule has 1 aromatic heterocycles. The van der Waals surface area contributed by atoms with Gasteiger partial charge in [0, 0.05) is 49.0 Å². The molecule has 38 heavy (non-hydrogen) atoms. The third-order valence-electron chi connectivity index (χ3n) is 5.83. The number of pyridine rings is 1. The van der Waals surface area contributed by atoms with Crippen molar-refractivity contribution in [3.05, 3.63) is 82.7 Å². The molecule has 2 heterocycles. The van der Waals surface area contributed by atoms with Gasteiger partial charge in [0.25, 0.3) is 11.8 Å². The zero-order chi connectivity index (χ0) is 27.4. The van der Waals surface area contributed by atoms with Gasteiger partial charge in [0.2, 0.25) is 6.41 Å². The van der Waals surface area contributed by atoms with E-state index in [-0.39, 0.29) is 39.3 Å². The molecular weight excluding hydrogens is 520 g/mol. The van der Waals surface area contributed by atoms with Crippen LogP contribution in [0.25, 0.3) is 0 Å². The Morgan fingerprint density at radius 2 is 1.89 bits per heavy atom. The van der Waals surface area contributed by atoms with Crippen LogP contribution in [-0.4, -0.2) is 41.7 Å². The van der Waals surface area contributed by atoms with Crippen LogP contribution in [0.3, 0.4) is 0 Å². The third-order valence-corrected chi connectivity index (χ3v) is 6.20. The molecule has 0 aliphatic carbocycles. The largest absolute Gasteiger partial charge is 0.453 e. The van der Waals surface area contributed by atoms with Crippen LogP contribution in [-0.2, 0) is 14.4 Å². The van der Waals surface area contributed by atoms with Crippen molar-refractivity contribution < 1.29 is 27.9 Å². The fraction of sp³-hybridized carbons (Fsp3) is 0.154. The highest BCUT2D eigenvalue weighted by Crippen LogP contribution is 2.34. The SMILES string of the molecule is CN(C(=O)/C(C(=O)Nc1ccc(Oc2ccnc(N)c2Cl)c(F)c1)=C1/CCCN1C=O)c1ccc(F)cc1. The van der Waals surface area contributed by atoms with E-state index in [2.05, 4.69) is 10.3 Å². The normalized spacial score (nSPS) is 14.2. The number of likely N-dealkylation sites (tertiary alicyclic amines) is 1. The number of likely N-dealkylation sites (N-methyl/N-ethyl adjacent to an activating group) is 1. The van der Waals surface area contributed by atoms with E-state index in [1.54, 1.807) is 0 Å². The number of nitrogen functional groups attached to an aromatic ring is 1. The van der Waals surface area contributed by atoms with Crippen LogP contribution in [0.1, 0.15) is 12.8 Å². The van der Waals surface area contributed by atoms with Crippen molar-refractivity contribution in [1.29, 1.82) is 0 Å². The van der Waals surface area contributed by atoms with Crippen LogP contribution < -0.4 is 20.7 Å². The van der Waals surface area contributed by atoms with Gasteiger partial charge in [-0.15, -0.1) is 0 Å². The molecule has 0 radical (unpaired) electrons. The summed E-state index contributed by atoms with van der Waals surface area (Å²) in [4.78, 5) is 44.6. The summed E-state index contributed by atoms with van der Waals surface area (Å²) in [5.41, 5.74) is 5.95. The lowest BCUT2D eigenvalue weighted by atomic mass is 10.1. The molecular formula is C26H22ClF2N5O4. The zero-order valence-corrected chi connectivity index (χ0v) is 20.8. The van der Waals surface area contributed by atoms with Crippen molar-refractivity contribution >= 4 is 47.0 Å². The van der Waals surface area contributed by atoms with Crippen molar-refractivity contribution in [1.82, 2.24) is 9.88 Å². The number of halogens is 3. The third kappa shape index (κ3) is 5.57. The number of nitrogens with one attached hydrogen (secondary N) is 1. The first-order valence-electron chi connectivity index (χ1n) is 11.4. The van der Waals surface area contributed by atoms with Crippen molar-refractivity contribution in [2.75, 3.05) is 29.5 Å². The maximum atomic E-state index is 14.8. The molecule has 9 nitrogen and oxygen atoms in total. The second-order valence-electron chi connectivity index (χ2n) is 8.27. The van der Waals surface area contributed by atoms with Gasteiger partial charge in [0.15, 0.2) is 17.3 Å². The predicted octanol–water partition coefficient (Wildman–Crippen LogP) is 4.50. The van der Waals surface area contributed by atoms with Crippen LogP contribution in [0.2, 0.25) is 5.02 Å². The lowest BCUT2D eigenvalue weighted by molar-refractivity contribution is -0.120. The second-order valence-corrected chi connectivity index (χ2v) is 8.65. The lowest BCUT2D eigenvalue weighted by Gasteiger charge is -2.22. The number of rotatable bonds is 7. The molecule has 0 atom stereocenters. The van der Waals surface area contributed by atoms with Gasteiger partial charge < -0.3 is 25.6 Å². The van der Waals surface area contributed by atoms with Gasteiger partial charge in [-0.25, -0.2) is 13.8 Å². The molecule has 1 aliphatic rings. The van der Waals surface area contributed by atoms with Gasteiger partial charge in [-0.05, 0) is 49.2 Å². The van der Waals surface area contributed by atoms with E-state index in [1.807, 2.05) is 0 Å². The van der Waals surface area contributed by atoms with Gasteiger partial charge in [-0.3, -0.25) is 14.4 Å². The van der Waals surface area contributed by atoms with Crippen molar-refractivity contribution in [3.63, 3.8) is 0 Å². The summed E-state index contributed by atoms with van der Waals surface area (Å²) in [6, 6.07) is 10.2. The van der Waals surface area contributed by atoms with Crippen LogP contribution in [0.5, 0.6) is 11.5 Å². The molecule has 3 aromatic rings. The van der Waals surface area contributed by atoms with Crippen molar-refractivity contribution in [3.8, 4) is 11.5 Å². The molecule has 4 rings (SSSR count). The Labute approximate surface area is 221 Å². The zero-order valence-electron chi connectivity index (χ0n) is 20.1. The summed E-state index contributed by atoms with van der Waals surface area (Å²) in [5, 5.41) is 2.53. The molecule has 1 fully saturated rings. The number of nitrogens with zero attached hydrogens (tertiary/aromatic N) is 3. The monoisotopic (exact) mass is 541 g/mol.